The maximum atomic E-state index is 9.94. The SMILES string of the molecule is Cc1ccc(O)c(C2=CC(c3ccccc3)NN2)c1. The van der Waals surface area contributed by atoms with Crippen LogP contribution in [0.3, 0.4) is 0 Å². The summed E-state index contributed by atoms with van der Waals surface area (Å²) < 4.78 is 0. The van der Waals surface area contributed by atoms with Gasteiger partial charge in [-0.25, -0.2) is 5.43 Å². The Hall–Kier alpha value is -2.26. The van der Waals surface area contributed by atoms with Crippen LogP contribution in [0, 0.1) is 6.92 Å². The maximum absolute atomic E-state index is 9.94. The number of aromatic hydroxyl groups is 1. The maximum Gasteiger partial charge on any atom is 0.124 e. The van der Waals surface area contributed by atoms with Crippen molar-refractivity contribution in [2.24, 2.45) is 0 Å². The smallest absolute Gasteiger partial charge is 0.124 e. The highest BCUT2D eigenvalue weighted by Crippen LogP contribution is 2.29. The molecule has 0 bridgehead atoms. The number of phenolic OH excluding ortho intramolecular Hbond substituents is 1. The van der Waals surface area contributed by atoms with E-state index in [1.165, 1.54) is 5.56 Å². The van der Waals surface area contributed by atoms with E-state index in [-0.39, 0.29) is 6.04 Å². The molecule has 96 valence electrons. The predicted molar refractivity (Wildman–Crippen MR) is 76.3 cm³/mol. The number of phenols is 1. The zero-order valence-corrected chi connectivity index (χ0v) is 10.7. The highest BCUT2D eigenvalue weighted by Gasteiger charge is 2.18. The summed E-state index contributed by atoms with van der Waals surface area (Å²) in [6.45, 7) is 2.01. The van der Waals surface area contributed by atoms with Gasteiger partial charge in [-0.15, -0.1) is 0 Å². The summed E-state index contributed by atoms with van der Waals surface area (Å²) in [6, 6.07) is 15.9. The molecule has 1 aliphatic rings. The number of benzene rings is 2. The molecule has 1 unspecified atom stereocenters. The molecule has 0 saturated carbocycles. The van der Waals surface area contributed by atoms with E-state index in [2.05, 4.69) is 29.1 Å². The van der Waals surface area contributed by atoms with E-state index in [1.54, 1.807) is 6.07 Å². The minimum Gasteiger partial charge on any atom is -0.507 e. The van der Waals surface area contributed by atoms with Crippen molar-refractivity contribution >= 4 is 5.70 Å². The van der Waals surface area contributed by atoms with Gasteiger partial charge in [0.25, 0.3) is 0 Å². The second kappa shape index (κ2) is 4.78. The number of hydrogen-bond acceptors (Lipinski definition) is 3. The van der Waals surface area contributed by atoms with E-state index in [0.29, 0.717) is 5.75 Å². The fraction of sp³-hybridized carbons (Fsp3) is 0.125. The molecular formula is C16H16N2O. The molecule has 0 spiro atoms. The van der Waals surface area contributed by atoms with Crippen LogP contribution in [-0.2, 0) is 0 Å². The molecule has 3 N–H and O–H groups in total. The topological polar surface area (TPSA) is 44.3 Å². The highest BCUT2D eigenvalue weighted by atomic mass is 16.3. The molecule has 2 aromatic carbocycles. The number of hydrogen-bond donors (Lipinski definition) is 3. The Kier molecular flexibility index (Phi) is 2.97. The number of aryl methyl sites for hydroxylation is 1. The van der Waals surface area contributed by atoms with Crippen molar-refractivity contribution in [2.75, 3.05) is 0 Å². The minimum atomic E-state index is 0.121. The van der Waals surface area contributed by atoms with Crippen LogP contribution in [0.15, 0.2) is 54.6 Å². The summed E-state index contributed by atoms with van der Waals surface area (Å²) in [6.07, 6.45) is 2.09. The molecule has 1 aliphatic heterocycles. The van der Waals surface area contributed by atoms with Crippen LogP contribution >= 0.6 is 0 Å². The van der Waals surface area contributed by atoms with E-state index in [1.807, 2.05) is 37.3 Å². The van der Waals surface area contributed by atoms with Crippen LogP contribution in [0.5, 0.6) is 5.75 Å². The van der Waals surface area contributed by atoms with Crippen LogP contribution in [0.2, 0.25) is 0 Å². The molecule has 19 heavy (non-hydrogen) atoms. The first-order chi connectivity index (χ1) is 9.24. The Morgan fingerprint density at radius 2 is 1.84 bits per heavy atom. The first kappa shape index (κ1) is 11.8. The van der Waals surface area contributed by atoms with Crippen molar-refractivity contribution in [3.63, 3.8) is 0 Å². The van der Waals surface area contributed by atoms with E-state index in [0.717, 1.165) is 16.8 Å². The van der Waals surface area contributed by atoms with Crippen molar-refractivity contribution in [2.45, 2.75) is 13.0 Å². The van der Waals surface area contributed by atoms with Gasteiger partial charge < -0.3 is 10.5 Å². The fourth-order valence-electron chi connectivity index (χ4n) is 2.27. The summed E-state index contributed by atoms with van der Waals surface area (Å²) in [4.78, 5) is 0. The molecule has 0 amide bonds. The van der Waals surface area contributed by atoms with Gasteiger partial charge in [0.05, 0.1) is 11.7 Å². The molecule has 0 aliphatic carbocycles. The van der Waals surface area contributed by atoms with Crippen molar-refractivity contribution in [3.8, 4) is 5.75 Å². The Bertz CT molecular complexity index is 620. The standard InChI is InChI=1S/C16H16N2O/c1-11-7-8-16(19)13(9-11)15-10-14(17-18-15)12-5-3-2-4-6-12/h2-10,14,17-19H,1H3. The minimum absolute atomic E-state index is 0.121. The summed E-state index contributed by atoms with van der Waals surface area (Å²) in [5, 5.41) is 9.94. The zero-order chi connectivity index (χ0) is 13.2. The third kappa shape index (κ3) is 2.33. The number of hydrazine groups is 1. The van der Waals surface area contributed by atoms with Gasteiger partial charge in [-0.3, -0.25) is 0 Å². The van der Waals surface area contributed by atoms with Gasteiger partial charge in [-0.05, 0) is 30.7 Å². The third-order valence-corrected chi connectivity index (χ3v) is 3.30. The molecule has 2 aromatic rings. The van der Waals surface area contributed by atoms with Gasteiger partial charge >= 0.3 is 0 Å². The van der Waals surface area contributed by atoms with Crippen molar-refractivity contribution in [1.29, 1.82) is 0 Å². The van der Waals surface area contributed by atoms with Gasteiger partial charge in [0.15, 0.2) is 0 Å². The molecule has 0 fully saturated rings. The molecule has 3 rings (SSSR count). The zero-order valence-electron chi connectivity index (χ0n) is 10.7. The number of rotatable bonds is 2. The summed E-state index contributed by atoms with van der Waals surface area (Å²) in [7, 11) is 0. The molecule has 0 radical (unpaired) electrons. The summed E-state index contributed by atoms with van der Waals surface area (Å²) in [5.41, 5.74) is 10.4. The lowest BCUT2D eigenvalue weighted by Crippen LogP contribution is -2.26. The van der Waals surface area contributed by atoms with Gasteiger partial charge in [0.1, 0.15) is 5.75 Å². The lowest BCUT2D eigenvalue weighted by atomic mass is 10.0. The van der Waals surface area contributed by atoms with Gasteiger partial charge in [-0.1, -0.05) is 42.0 Å². The van der Waals surface area contributed by atoms with Crippen LogP contribution < -0.4 is 10.9 Å². The molecule has 0 aromatic heterocycles. The first-order valence-electron chi connectivity index (χ1n) is 6.32. The van der Waals surface area contributed by atoms with Crippen LogP contribution in [0.25, 0.3) is 5.70 Å². The van der Waals surface area contributed by atoms with Crippen molar-refractivity contribution in [1.82, 2.24) is 10.9 Å². The van der Waals surface area contributed by atoms with Gasteiger partial charge in [0, 0.05) is 5.56 Å². The largest absolute Gasteiger partial charge is 0.507 e. The van der Waals surface area contributed by atoms with E-state index >= 15 is 0 Å². The average molecular weight is 252 g/mol. The Labute approximate surface area is 112 Å². The number of nitrogens with one attached hydrogen (secondary N) is 2. The molecule has 1 heterocycles. The van der Waals surface area contributed by atoms with Crippen molar-refractivity contribution < 1.29 is 5.11 Å². The van der Waals surface area contributed by atoms with Gasteiger partial charge in [0.2, 0.25) is 0 Å². The second-order valence-corrected chi connectivity index (χ2v) is 4.76. The van der Waals surface area contributed by atoms with E-state index in [9.17, 15) is 5.11 Å². The molecular weight excluding hydrogens is 236 g/mol. The monoisotopic (exact) mass is 252 g/mol. The Morgan fingerprint density at radius 1 is 1.05 bits per heavy atom. The predicted octanol–water partition coefficient (Wildman–Crippen LogP) is 2.89. The van der Waals surface area contributed by atoms with Crippen molar-refractivity contribution in [3.05, 3.63) is 71.3 Å². The summed E-state index contributed by atoms with van der Waals surface area (Å²) >= 11 is 0. The van der Waals surface area contributed by atoms with Crippen LogP contribution in [-0.4, -0.2) is 5.11 Å². The summed E-state index contributed by atoms with van der Waals surface area (Å²) in [5.74, 6) is 0.292. The quantitative estimate of drug-likeness (QED) is 0.770. The highest BCUT2D eigenvalue weighted by molar-refractivity contribution is 5.71. The van der Waals surface area contributed by atoms with Crippen LogP contribution in [0.1, 0.15) is 22.7 Å². The molecule has 3 nitrogen and oxygen atoms in total. The van der Waals surface area contributed by atoms with Crippen LogP contribution in [0.4, 0.5) is 0 Å². The molecule has 0 saturated heterocycles. The lowest BCUT2D eigenvalue weighted by molar-refractivity contribution is 0.472. The van der Waals surface area contributed by atoms with E-state index < -0.39 is 0 Å². The lowest BCUT2D eigenvalue weighted by Gasteiger charge is -2.09. The normalized spacial score (nSPS) is 17.9. The molecule has 1 atom stereocenters. The fourth-order valence-corrected chi connectivity index (χ4v) is 2.27. The van der Waals surface area contributed by atoms with Gasteiger partial charge in [-0.2, -0.15) is 0 Å². The van der Waals surface area contributed by atoms with E-state index in [4.69, 9.17) is 0 Å². The molecule has 3 heteroatoms. The Balaban J connectivity index is 1.93. The third-order valence-electron chi connectivity index (χ3n) is 3.30. The second-order valence-electron chi connectivity index (χ2n) is 4.76. The first-order valence-corrected chi connectivity index (χ1v) is 6.32. The Morgan fingerprint density at radius 3 is 2.63 bits per heavy atom. The average Bonchev–Trinajstić information content (AvgIpc) is 2.92.